The lowest BCUT2D eigenvalue weighted by Crippen LogP contribution is -2.35. The fourth-order valence-electron chi connectivity index (χ4n) is 3.03. The first-order valence-electron chi connectivity index (χ1n) is 7.97. The van der Waals surface area contributed by atoms with Crippen LogP contribution in [-0.4, -0.2) is 30.7 Å². The van der Waals surface area contributed by atoms with Crippen molar-refractivity contribution < 1.29 is 10.0 Å². The Balaban J connectivity index is 2.41. The molecule has 7 nitrogen and oxygen atoms in total. The third-order valence-corrected chi connectivity index (χ3v) is 4.08. The van der Waals surface area contributed by atoms with E-state index in [4.69, 9.17) is 5.21 Å². The molecule has 25 heavy (non-hydrogen) atoms. The van der Waals surface area contributed by atoms with Gasteiger partial charge in [0.25, 0.3) is 5.56 Å². The van der Waals surface area contributed by atoms with Gasteiger partial charge in [-0.1, -0.05) is 17.3 Å². The minimum absolute atomic E-state index is 0.0923. The van der Waals surface area contributed by atoms with Gasteiger partial charge in [-0.05, 0) is 39.8 Å². The second-order valence-electron chi connectivity index (χ2n) is 7.05. The number of nitrogens with zero attached hydrogens (tertiary/aromatic N) is 4. The number of hydrogen-bond donors (Lipinski definition) is 1. The van der Waals surface area contributed by atoms with Crippen molar-refractivity contribution in [3.8, 4) is 0 Å². The van der Waals surface area contributed by atoms with E-state index in [2.05, 4.69) is 10.1 Å². The van der Waals surface area contributed by atoms with Gasteiger partial charge < -0.3 is 5.21 Å². The lowest BCUT2D eigenvalue weighted by Gasteiger charge is -2.25. The summed E-state index contributed by atoms with van der Waals surface area (Å²) in [5.74, 6) is -0.356. The van der Waals surface area contributed by atoms with E-state index < -0.39 is 5.54 Å². The molecule has 0 aliphatic heterocycles. The maximum Gasteiger partial charge on any atom is 0.278 e. The largest absolute Gasteiger partial charge is 0.411 e. The molecule has 0 unspecified atom stereocenters. The van der Waals surface area contributed by atoms with E-state index in [1.165, 1.54) is 6.33 Å². The van der Waals surface area contributed by atoms with Gasteiger partial charge in [0.2, 0.25) is 0 Å². The fourth-order valence-corrected chi connectivity index (χ4v) is 3.03. The van der Waals surface area contributed by atoms with Crippen molar-refractivity contribution in [3.63, 3.8) is 0 Å². The zero-order valence-corrected chi connectivity index (χ0v) is 14.6. The van der Waals surface area contributed by atoms with Crippen LogP contribution in [0, 0.1) is 0 Å². The molecular weight excluding hydrogens is 320 g/mol. The molecule has 1 aromatic carbocycles. The molecule has 3 aromatic rings. The summed E-state index contributed by atoms with van der Waals surface area (Å²) < 4.78 is 3.33. The number of Topliss-reactive ketones (excluding diaryl/α,β-unsaturated/α-hetero) is 1. The zero-order valence-electron chi connectivity index (χ0n) is 14.6. The van der Waals surface area contributed by atoms with Crippen LogP contribution in [0.15, 0.2) is 40.5 Å². The molecule has 0 aliphatic rings. The molecule has 0 radical (unpaired) electrons. The third-order valence-electron chi connectivity index (χ3n) is 4.08. The van der Waals surface area contributed by atoms with Crippen LogP contribution in [0.1, 0.15) is 44.6 Å². The second-order valence-corrected chi connectivity index (χ2v) is 7.05. The van der Waals surface area contributed by atoms with Crippen molar-refractivity contribution in [1.82, 2.24) is 14.0 Å². The topological polar surface area (TPSA) is 89.0 Å². The van der Waals surface area contributed by atoms with Crippen molar-refractivity contribution in [3.05, 3.63) is 46.6 Å². The monoisotopic (exact) mass is 340 g/mol. The van der Waals surface area contributed by atoms with E-state index in [0.717, 1.165) is 11.0 Å². The highest BCUT2D eigenvalue weighted by Crippen LogP contribution is 2.22. The Morgan fingerprint density at radius 2 is 1.88 bits per heavy atom. The summed E-state index contributed by atoms with van der Waals surface area (Å²) in [6.45, 7) is 7.37. The van der Waals surface area contributed by atoms with Crippen molar-refractivity contribution in [2.24, 2.45) is 5.16 Å². The van der Waals surface area contributed by atoms with Gasteiger partial charge in [0, 0.05) is 5.54 Å². The SMILES string of the molecule is CC(CC(=O)c1ncn2c1c(=O)n(C(C)(C)C)c1ccccc12)=NO. The lowest BCUT2D eigenvalue weighted by atomic mass is 10.1. The van der Waals surface area contributed by atoms with E-state index in [1.54, 1.807) is 15.9 Å². The van der Waals surface area contributed by atoms with Crippen LogP contribution in [0.5, 0.6) is 0 Å². The van der Waals surface area contributed by atoms with Crippen LogP contribution in [0.2, 0.25) is 0 Å². The number of rotatable bonds is 3. The lowest BCUT2D eigenvalue weighted by molar-refractivity contribution is 0.0996. The summed E-state index contributed by atoms with van der Waals surface area (Å²) in [5, 5.41) is 11.8. The summed E-state index contributed by atoms with van der Waals surface area (Å²) in [6, 6.07) is 7.52. The molecule has 0 bridgehead atoms. The molecule has 0 atom stereocenters. The molecule has 0 spiro atoms. The Hall–Kier alpha value is -2.96. The van der Waals surface area contributed by atoms with Crippen LogP contribution < -0.4 is 5.56 Å². The molecular formula is C18H20N4O3. The molecule has 0 saturated heterocycles. The average Bonchev–Trinajstić information content (AvgIpc) is 2.99. The Morgan fingerprint density at radius 1 is 1.24 bits per heavy atom. The van der Waals surface area contributed by atoms with Gasteiger partial charge in [-0.3, -0.25) is 18.6 Å². The number of carbonyl (C=O) groups excluding carboxylic acids is 1. The van der Waals surface area contributed by atoms with Gasteiger partial charge in [0.15, 0.2) is 5.78 Å². The maximum absolute atomic E-state index is 13.2. The molecule has 0 amide bonds. The predicted molar refractivity (Wildman–Crippen MR) is 95.8 cm³/mol. The number of carbonyl (C=O) groups is 1. The molecule has 3 rings (SSSR count). The van der Waals surface area contributed by atoms with E-state index in [1.807, 2.05) is 45.0 Å². The number of benzene rings is 1. The molecule has 0 aliphatic carbocycles. The first-order valence-corrected chi connectivity index (χ1v) is 7.97. The van der Waals surface area contributed by atoms with Crippen LogP contribution in [-0.2, 0) is 5.54 Å². The first-order chi connectivity index (χ1) is 11.8. The quantitative estimate of drug-likeness (QED) is 0.344. The third kappa shape index (κ3) is 2.71. The minimum atomic E-state index is -0.467. The van der Waals surface area contributed by atoms with Crippen LogP contribution in [0.4, 0.5) is 0 Å². The van der Waals surface area contributed by atoms with E-state index in [-0.39, 0.29) is 34.7 Å². The first kappa shape index (κ1) is 16.9. The number of fused-ring (bicyclic) bond motifs is 3. The summed E-state index contributed by atoms with van der Waals surface area (Å²) in [4.78, 5) is 29.9. The van der Waals surface area contributed by atoms with Gasteiger partial charge in [-0.2, -0.15) is 0 Å². The van der Waals surface area contributed by atoms with Crippen molar-refractivity contribution in [1.29, 1.82) is 0 Å². The highest BCUT2D eigenvalue weighted by molar-refractivity contribution is 6.11. The van der Waals surface area contributed by atoms with Gasteiger partial charge in [-0.15, -0.1) is 0 Å². The molecule has 130 valence electrons. The summed E-state index contributed by atoms with van der Waals surface area (Å²) >= 11 is 0. The summed E-state index contributed by atoms with van der Waals surface area (Å²) in [6.07, 6.45) is 1.40. The number of aromatic nitrogens is 3. The van der Waals surface area contributed by atoms with Crippen molar-refractivity contribution in [2.45, 2.75) is 39.7 Å². The molecule has 7 heteroatoms. The van der Waals surface area contributed by atoms with E-state index in [9.17, 15) is 9.59 Å². The number of oxime groups is 1. The van der Waals surface area contributed by atoms with Crippen LogP contribution in [0.25, 0.3) is 16.6 Å². The molecule has 2 aromatic heterocycles. The number of ketones is 1. The fraction of sp³-hybridized carbons (Fsp3) is 0.333. The molecule has 0 saturated carbocycles. The summed E-state index contributed by atoms with van der Waals surface area (Å²) in [7, 11) is 0. The van der Waals surface area contributed by atoms with Gasteiger partial charge >= 0.3 is 0 Å². The molecule has 2 heterocycles. The van der Waals surface area contributed by atoms with Crippen LogP contribution in [0.3, 0.4) is 0 Å². The Labute approximate surface area is 144 Å². The highest BCUT2D eigenvalue weighted by Gasteiger charge is 2.25. The molecule has 0 fully saturated rings. The smallest absolute Gasteiger partial charge is 0.278 e. The van der Waals surface area contributed by atoms with Crippen molar-refractivity contribution >= 4 is 28.0 Å². The van der Waals surface area contributed by atoms with Gasteiger partial charge in [0.05, 0.1) is 23.2 Å². The van der Waals surface area contributed by atoms with Gasteiger partial charge in [0.1, 0.15) is 17.5 Å². The standard InChI is InChI=1S/C18H20N4O3/c1-11(20-25)9-14(23)15-16-17(24)22(18(2,3)4)13-8-6-5-7-12(13)21(16)10-19-15/h5-8,10,25H,9H2,1-4H3. The van der Waals surface area contributed by atoms with E-state index in [0.29, 0.717) is 0 Å². The molecule has 1 N–H and O–H groups in total. The van der Waals surface area contributed by atoms with E-state index >= 15 is 0 Å². The number of hydrogen-bond acceptors (Lipinski definition) is 5. The van der Waals surface area contributed by atoms with Crippen LogP contribution >= 0.6 is 0 Å². The Bertz CT molecular complexity index is 1070. The normalized spacial score (nSPS) is 12.9. The Morgan fingerprint density at radius 3 is 2.48 bits per heavy atom. The predicted octanol–water partition coefficient (Wildman–Crippen LogP) is 2.83. The number of imidazole rings is 1. The number of para-hydroxylation sites is 2. The highest BCUT2D eigenvalue weighted by atomic mass is 16.4. The minimum Gasteiger partial charge on any atom is -0.411 e. The maximum atomic E-state index is 13.2. The van der Waals surface area contributed by atoms with Crippen molar-refractivity contribution in [2.75, 3.05) is 0 Å². The zero-order chi connectivity index (χ0) is 18.4. The summed E-state index contributed by atoms with van der Waals surface area (Å²) in [5.41, 5.74) is 1.43. The van der Waals surface area contributed by atoms with Gasteiger partial charge in [-0.25, -0.2) is 4.98 Å². The second kappa shape index (κ2) is 5.84. The average molecular weight is 340 g/mol. The Kier molecular flexibility index (Phi) is 3.94.